The van der Waals surface area contributed by atoms with Gasteiger partial charge in [-0.2, -0.15) is 4.98 Å². The van der Waals surface area contributed by atoms with Crippen LogP contribution in [-0.2, 0) is 11.3 Å². The lowest BCUT2D eigenvalue weighted by Crippen LogP contribution is -2.04. The summed E-state index contributed by atoms with van der Waals surface area (Å²) in [6, 6.07) is 15.2. The minimum atomic E-state index is -0.624. The van der Waals surface area contributed by atoms with Crippen molar-refractivity contribution in [2.75, 3.05) is 6.61 Å². The van der Waals surface area contributed by atoms with Crippen molar-refractivity contribution in [2.24, 2.45) is 0 Å². The van der Waals surface area contributed by atoms with E-state index in [0.29, 0.717) is 12.4 Å². The third kappa shape index (κ3) is 4.45. The van der Waals surface area contributed by atoms with E-state index in [-0.39, 0.29) is 12.5 Å². The van der Waals surface area contributed by atoms with Gasteiger partial charge in [-0.15, -0.1) is 0 Å². The third-order valence-electron chi connectivity index (χ3n) is 3.31. The number of nitrogens with zero attached hydrogens (tertiary/aromatic N) is 2. The summed E-state index contributed by atoms with van der Waals surface area (Å²) in [5.74, 6) is 0.355. The van der Waals surface area contributed by atoms with E-state index in [9.17, 15) is 4.79 Å². The minimum Gasteiger partial charge on any atom is -0.489 e. The predicted molar refractivity (Wildman–Crippen MR) is 94.2 cm³/mol. The van der Waals surface area contributed by atoms with Crippen LogP contribution in [0.3, 0.4) is 0 Å². The first kappa shape index (κ1) is 17.2. The number of aromatic nitrogens is 2. The standard InChI is InChI=1S/C18H15BrN2O4/c1-2-23-18(22)17-20-16(21-25-17)13-5-3-12(4-6-13)11-24-15-9-7-14(19)8-10-15/h3-10H,2,11H2,1H3. The van der Waals surface area contributed by atoms with Gasteiger partial charge >= 0.3 is 11.9 Å². The summed E-state index contributed by atoms with van der Waals surface area (Å²) in [6.07, 6.45) is 0. The zero-order chi connectivity index (χ0) is 17.6. The van der Waals surface area contributed by atoms with E-state index in [1.807, 2.05) is 48.5 Å². The molecule has 1 aromatic heterocycles. The normalized spacial score (nSPS) is 10.5. The van der Waals surface area contributed by atoms with Crippen molar-refractivity contribution < 1.29 is 18.8 Å². The molecule has 0 atom stereocenters. The Bertz CT molecular complexity index is 844. The molecule has 3 aromatic rings. The van der Waals surface area contributed by atoms with Crippen molar-refractivity contribution in [3.8, 4) is 17.1 Å². The molecule has 0 radical (unpaired) electrons. The fourth-order valence-electron chi connectivity index (χ4n) is 2.06. The highest BCUT2D eigenvalue weighted by atomic mass is 79.9. The van der Waals surface area contributed by atoms with Crippen molar-refractivity contribution in [3.63, 3.8) is 0 Å². The molecule has 2 aromatic carbocycles. The fraction of sp³-hybridized carbons (Fsp3) is 0.167. The van der Waals surface area contributed by atoms with Crippen LogP contribution in [0.15, 0.2) is 57.5 Å². The zero-order valence-corrected chi connectivity index (χ0v) is 15.0. The SMILES string of the molecule is CCOC(=O)c1nc(-c2ccc(COc3ccc(Br)cc3)cc2)no1. The number of benzene rings is 2. The molecule has 0 saturated carbocycles. The molecule has 25 heavy (non-hydrogen) atoms. The van der Waals surface area contributed by atoms with E-state index in [1.165, 1.54) is 0 Å². The number of esters is 1. The first-order valence-electron chi connectivity index (χ1n) is 7.64. The summed E-state index contributed by atoms with van der Waals surface area (Å²) in [5.41, 5.74) is 1.74. The number of carbonyl (C=O) groups is 1. The first-order chi connectivity index (χ1) is 12.2. The fourth-order valence-corrected chi connectivity index (χ4v) is 2.33. The number of ether oxygens (including phenoxy) is 2. The Morgan fingerprint density at radius 1 is 1.12 bits per heavy atom. The van der Waals surface area contributed by atoms with Gasteiger partial charge in [0.2, 0.25) is 5.82 Å². The second kappa shape index (κ2) is 7.94. The van der Waals surface area contributed by atoms with Crippen LogP contribution in [0.25, 0.3) is 11.4 Å². The van der Waals surface area contributed by atoms with Crippen LogP contribution in [0.4, 0.5) is 0 Å². The van der Waals surface area contributed by atoms with E-state index >= 15 is 0 Å². The van der Waals surface area contributed by atoms with Crippen LogP contribution in [0, 0.1) is 0 Å². The summed E-state index contributed by atoms with van der Waals surface area (Å²) < 4.78 is 16.5. The summed E-state index contributed by atoms with van der Waals surface area (Å²) >= 11 is 3.39. The lowest BCUT2D eigenvalue weighted by atomic mass is 10.1. The van der Waals surface area contributed by atoms with Crippen LogP contribution < -0.4 is 4.74 Å². The maximum absolute atomic E-state index is 11.5. The van der Waals surface area contributed by atoms with Crippen molar-refractivity contribution in [1.29, 1.82) is 0 Å². The van der Waals surface area contributed by atoms with Gasteiger partial charge in [-0.25, -0.2) is 4.79 Å². The van der Waals surface area contributed by atoms with Gasteiger partial charge in [-0.05, 0) is 36.8 Å². The molecule has 0 aliphatic carbocycles. The lowest BCUT2D eigenvalue weighted by Gasteiger charge is -2.06. The zero-order valence-electron chi connectivity index (χ0n) is 13.4. The van der Waals surface area contributed by atoms with Gasteiger partial charge < -0.3 is 14.0 Å². The summed E-state index contributed by atoms with van der Waals surface area (Å²) in [7, 11) is 0. The van der Waals surface area contributed by atoms with Gasteiger partial charge in [-0.1, -0.05) is 45.4 Å². The molecule has 0 amide bonds. The van der Waals surface area contributed by atoms with Crippen molar-refractivity contribution in [2.45, 2.75) is 13.5 Å². The van der Waals surface area contributed by atoms with Crippen LogP contribution in [0.5, 0.6) is 5.75 Å². The Kier molecular flexibility index (Phi) is 5.45. The topological polar surface area (TPSA) is 74.5 Å². The quantitative estimate of drug-likeness (QED) is 0.573. The minimum absolute atomic E-state index is 0.153. The van der Waals surface area contributed by atoms with E-state index in [2.05, 4.69) is 26.1 Å². The number of carbonyl (C=O) groups excluding carboxylic acids is 1. The Balaban J connectivity index is 1.64. The molecule has 0 N–H and O–H groups in total. The van der Waals surface area contributed by atoms with Gasteiger partial charge in [0, 0.05) is 10.0 Å². The Labute approximate surface area is 152 Å². The van der Waals surface area contributed by atoms with E-state index in [1.54, 1.807) is 6.92 Å². The smallest absolute Gasteiger partial charge is 0.397 e. The number of hydrogen-bond donors (Lipinski definition) is 0. The van der Waals surface area contributed by atoms with Gasteiger partial charge in [0.1, 0.15) is 12.4 Å². The molecule has 0 saturated heterocycles. The van der Waals surface area contributed by atoms with Crippen LogP contribution >= 0.6 is 15.9 Å². The maximum atomic E-state index is 11.5. The van der Waals surface area contributed by atoms with Gasteiger partial charge in [0.15, 0.2) is 0 Å². The average molecular weight is 403 g/mol. The molecule has 1 heterocycles. The van der Waals surface area contributed by atoms with Crippen LogP contribution in [0.1, 0.15) is 23.2 Å². The Hall–Kier alpha value is -2.67. The highest BCUT2D eigenvalue weighted by Crippen LogP contribution is 2.20. The molecular formula is C18H15BrN2O4. The van der Waals surface area contributed by atoms with E-state index < -0.39 is 5.97 Å². The average Bonchev–Trinajstić information content (AvgIpc) is 3.12. The first-order valence-corrected chi connectivity index (χ1v) is 8.43. The van der Waals surface area contributed by atoms with Crippen LogP contribution in [0.2, 0.25) is 0 Å². The summed E-state index contributed by atoms with van der Waals surface area (Å²) in [6.45, 7) is 2.41. The lowest BCUT2D eigenvalue weighted by molar-refractivity contribution is 0.0470. The van der Waals surface area contributed by atoms with Gasteiger partial charge in [0.25, 0.3) is 0 Å². The molecule has 0 bridgehead atoms. The van der Waals surface area contributed by atoms with E-state index in [0.717, 1.165) is 21.3 Å². The molecule has 0 spiro atoms. The predicted octanol–water partition coefficient (Wildman–Crippen LogP) is 4.25. The van der Waals surface area contributed by atoms with Crippen molar-refractivity contribution in [1.82, 2.24) is 10.1 Å². The molecule has 6 nitrogen and oxygen atoms in total. The van der Waals surface area contributed by atoms with Crippen molar-refractivity contribution in [3.05, 3.63) is 64.5 Å². The number of halogens is 1. The number of rotatable bonds is 6. The van der Waals surface area contributed by atoms with Gasteiger partial charge in [0.05, 0.1) is 6.61 Å². The van der Waals surface area contributed by atoms with Crippen LogP contribution in [-0.4, -0.2) is 22.7 Å². The highest BCUT2D eigenvalue weighted by Gasteiger charge is 2.16. The molecular weight excluding hydrogens is 388 g/mol. The van der Waals surface area contributed by atoms with E-state index in [4.69, 9.17) is 14.0 Å². The Morgan fingerprint density at radius 2 is 1.84 bits per heavy atom. The molecule has 0 fully saturated rings. The second-order valence-corrected chi connectivity index (χ2v) is 6.00. The van der Waals surface area contributed by atoms with Gasteiger partial charge in [-0.3, -0.25) is 0 Å². The highest BCUT2D eigenvalue weighted by molar-refractivity contribution is 9.10. The maximum Gasteiger partial charge on any atom is 0.397 e. The second-order valence-electron chi connectivity index (χ2n) is 5.08. The Morgan fingerprint density at radius 3 is 2.52 bits per heavy atom. The summed E-state index contributed by atoms with van der Waals surface area (Å²) in [5, 5.41) is 3.80. The molecule has 0 aliphatic heterocycles. The molecule has 0 aliphatic rings. The third-order valence-corrected chi connectivity index (χ3v) is 3.84. The summed E-state index contributed by atoms with van der Waals surface area (Å²) in [4.78, 5) is 15.6. The molecule has 128 valence electrons. The molecule has 3 rings (SSSR count). The largest absolute Gasteiger partial charge is 0.489 e. The monoisotopic (exact) mass is 402 g/mol. The number of hydrogen-bond acceptors (Lipinski definition) is 6. The molecule has 0 unspecified atom stereocenters. The van der Waals surface area contributed by atoms with Crippen molar-refractivity contribution >= 4 is 21.9 Å². The molecule has 7 heteroatoms.